The van der Waals surface area contributed by atoms with Crippen molar-refractivity contribution in [2.24, 2.45) is 0 Å². The summed E-state index contributed by atoms with van der Waals surface area (Å²) in [5.74, 6) is 0.750. The van der Waals surface area contributed by atoms with Gasteiger partial charge in [-0.1, -0.05) is 36.4 Å². The van der Waals surface area contributed by atoms with Gasteiger partial charge in [0.05, 0.1) is 12.7 Å². The fourth-order valence-electron chi connectivity index (χ4n) is 1.89. The summed E-state index contributed by atoms with van der Waals surface area (Å²) < 4.78 is 5.57. The van der Waals surface area contributed by atoms with Gasteiger partial charge in [0.1, 0.15) is 11.8 Å². The molecule has 0 amide bonds. The number of benzene rings is 2. The molecule has 0 saturated heterocycles. The lowest BCUT2D eigenvalue weighted by atomic mass is 10.1. The molecule has 0 radical (unpaired) electrons. The SMILES string of the molecule is CCOc1ccccc1C(C#N)Nc1ccccc1. The average molecular weight is 252 g/mol. The summed E-state index contributed by atoms with van der Waals surface area (Å²) in [6.07, 6.45) is 0. The van der Waals surface area contributed by atoms with Gasteiger partial charge in [0.15, 0.2) is 0 Å². The van der Waals surface area contributed by atoms with Crippen LogP contribution in [0.3, 0.4) is 0 Å². The van der Waals surface area contributed by atoms with Crippen LogP contribution in [0.4, 0.5) is 5.69 Å². The fraction of sp³-hybridized carbons (Fsp3) is 0.188. The molecular weight excluding hydrogens is 236 g/mol. The summed E-state index contributed by atoms with van der Waals surface area (Å²) in [5, 5.41) is 12.6. The maximum atomic E-state index is 9.37. The molecule has 1 N–H and O–H groups in total. The van der Waals surface area contributed by atoms with Crippen LogP contribution in [0.25, 0.3) is 0 Å². The first kappa shape index (κ1) is 13.0. The van der Waals surface area contributed by atoms with Gasteiger partial charge in [-0.2, -0.15) is 5.26 Å². The van der Waals surface area contributed by atoms with Crippen molar-refractivity contribution in [2.75, 3.05) is 11.9 Å². The van der Waals surface area contributed by atoms with Crippen LogP contribution in [0, 0.1) is 11.3 Å². The Morgan fingerprint density at radius 1 is 1.11 bits per heavy atom. The molecular formula is C16H16N2O. The highest BCUT2D eigenvalue weighted by molar-refractivity contribution is 5.50. The molecule has 0 spiro atoms. The summed E-state index contributed by atoms with van der Waals surface area (Å²) in [6, 6.07) is 19.2. The second kappa shape index (κ2) is 6.46. The number of hydrogen-bond acceptors (Lipinski definition) is 3. The van der Waals surface area contributed by atoms with Gasteiger partial charge < -0.3 is 10.1 Å². The molecule has 3 nitrogen and oxygen atoms in total. The number of ether oxygens (including phenoxy) is 1. The molecule has 0 aliphatic heterocycles. The summed E-state index contributed by atoms with van der Waals surface area (Å²) in [5.41, 5.74) is 1.77. The average Bonchev–Trinajstić information content (AvgIpc) is 2.47. The first-order valence-electron chi connectivity index (χ1n) is 6.28. The van der Waals surface area contributed by atoms with Crippen LogP contribution in [0.1, 0.15) is 18.5 Å². The van der Waals surface area contributed by atoms with Crippen LogP contribution in [0.5, 0.6) is 5.75 Å². The molecule has 1 atom stereocenters. The highest BCUT2D eigenvalue weighted by Gasteiger charge is 2.14. The van der Waals surface area contributed by atoms with Crippen LogP contribution in [-0.2, 0) is 0 Å². The van der Waals surface area contributed by atoms with Gasteiger partial charge in [0.2, 0.25) is 0 Å². The normalized spacial score (nSPS) is 11.4. The predicted octanol–water partition coefficient (Wildman–Crippen LogP) is 3.76. The summed E-state index contributed by atoms with van der Waals surface area (Å²) in [7, 11) is 0. The van der Waals surface area contributed by atoms with Gasteiger partial charge in [-0.05, 0) is 25.1 Å². The van der Waals surface area contributed by atoms with E-state index in [4.69, 9.17) is 4.74 Å². The lowest BCUT2D eigenvalue weighted by Crippen LogP contribution is -2.10. The highest BCUT2D eigenvalue weighted by atomic mass is 16.5. The molecule has 0 heterocycles. The van der Waals surface area contributed by atoms with E-state index in [-0.39, 0.29) is 0 Å². The molecule has 3 heteroatoms. The van der Waals surface area contributed by atoms with Crippen LogP contribution in [-0.4, -0.2) is 6.61 Å². The Kier molecular flexibility index (Phi) is 4.41. The van der Waals surface area contributed by atoms with Crippen molar-refractivity contribution >= 4 is 5.69 Å². The number of para-hydroxylation sites is 2. The second-order valence-corrected chi connectivity index (χ2v) is 4.04. The minimum Gasteiger partial charge on any atom is -0.493 e. The van der Waals surface area contributed by atoms with Crippen molar-refractivity contribution in [3.8, 4) is 11.8 Å². The summed E-state index contributed by atoms with van der Waals surface area (Å²) in [4.78, 5) is 0. The van der Waals surface area contributed by atoms with Gasteiger partial charge in [0.25, 0.3) is 0 Å². The predicted molar refractivity (Wildman–Crippen MR) is 76.0 cm³/mol. The summed E-state index contributed by atoms with van der Waals surface area (Å²) in [6.45, 7) is 2.52. The molecule has 2 aromatic rings. The third kappa shape index (κ3) is 3.26. The van der Waals surface area contributed by atoms with Crippen molar-refractivity contribution in [2.45, 2.75) is 13.0 Å². The lowest BCUT2D eigenvalue weighted by molar-refractivity contribution is 0.336. The number of nitrogens with one attached hydrogen (secondary N) is 1. The van der Waals surface area contributed by atoms with E-state index in [1.54, 1.807) is 0 Å². The Bertz CT molecular complexity index is 560. The van der Waals surface area contributed by atoms with Gasteiger partial charge in [0, 0.05) is 11.3 Å². The molecule has 96 valence electrons. The topological polar surface area (TPSA) is 45.0 Å². The number of hydrogen-bond donors (Lipinski definition) is 1. The van der Waals surface area contributed by atoms with Crippen LogP contribution < -0.4 is 10.1 Å². The monoisotopic (exact) mass is 252 g/mol. The third-order valence-corrected chi connectivity index (χ3v) is 2.74. The number of anilines is 1. The molecule has 0 fully saturated rings. The number of rotatable bonds is 5. The number of nitriles is 1. The zero-order chi connectivity index (χ0) is 13.5. The zero-order valence-corrected chi connectivity index (χ0v) is 10.8. The van der Waals surface area contributed by atoms with Crippen molar-refractivity contribution < 1.29 is 4.74 Å². The van der Waals surface area contributed by atoms with Crippen LogP contribution in [0.15, 0.2) is 54.6 Å². The van der Waals surface area contributed by atoms with Crippen molar-refractivity contribution in [3.63, 3.8) is 0 Å². The van der Waals surface area contributed by atoms with Crippen LogP contribution >= 0.6 is 0 Å². The Hall–Kier alpha value is -2.47. The molecule has 0 saturated carbocycles. The molecule has 0 bridgehead atoms. The third-order valence-electron chi connectivity index (χ3n) is 2.74. The maximum Gasteiger partial charge on any atom is 0.143 e. The lowest BCUT2D eigenvalue weighted by Gasteiger charge is -2.16. The fourth-order valence-corrected chi connectivity index (χ4v) is 1.89. The van der Waals surface area contributed by atoms with Crippen molar-refractivity contribution in [1.29, 1.82) is 5.26 Å². The molecule has 0 aliphatic carbocycles. The minimum atomic E-state index is -0.426. The van der Waals surface area contributed by atoms with Gasteiger partial charge in [-0.3, -0.25) is 0 Å². The van der Waals surface area contributed by atoms with E-state index in [1.165, 1.54) is 0 Å². The first-order chi connectivity index (χ1) is 9.35. The van der Waals surface area contributed by atoms with E-state index in [0.717, 1.165) is 17.0 Å². The highest BCUT2D eigenvalue weighted by Crippen LogP contribution is 2.27. The first-order valence-corrected chi connectivity index (χ1v) is 6.28. The van der Waals surface area contributed by atoms with Gasteiger partial charge in [-0.15, -0.1) is 0 Å². The second-order valence-electron chi connectivity index (χ2n) is 4.04. The van der Waals surface area contributed by atoms with E-state index in [2.05, 4.69) is 11.4 Å². The van der Waals surface area contributed by atoms with E-state index >= 15 is 0 Å². The van der Waals surface area contributed by atoms with E-state index in [9.17, 15) is 5.26 Å². The Morgan fingerprint density at radius 2 is 1.79 bits per heavy atom. The Labute approximate surface area is 113 Å². The van der Waals surface area contributed by atoms with E-state index < -0.39 is 6.04 Å². The Balaban J connectivity index is 2.25. The van der Waals surface area contributed by atoms with Crippen molar-refractivity contribution in [1.82, 2.24) is 0 Å². The smallest absolute Gasteiger partial charge is 0.143 e. The molecule has 1 unspecified atom stereocenters. The van der Waals surface area contributed by atoms with Crippen molar-refractivity contribution in [3.05, 3.63) is 60.2 Å². The van der Waals surface area contributed by atoms with E-state index in [0.29, 0.717) is 6.61 Å². The molecule has 2 aromatic carbocycles. The van der Waals surface area contributed by atoms with Crippen LogP contribution in [0.2, 0.25) is 0 Å². The standard InChI is InChI=1S/C16H16N2O/c1-2-19-16-11-7-6-10-14(16)15(12-17)18-13-8-4-3-5-9-13/h3-11,15,18H,2H2,1H3. The van der Waals surface area contributed by atoms with Gasteiger partial charge in [-0.25, -0.2) is 0 Å². The summed E-state index contributed by atoms with van der Waals surface area (Å²) >= 11 is 0. The largest absolute Gasteiger partial charge is 0.493 e. The number of nitrogens with zero attached hydrogens (tertiary/aromatic N) is 1. The molecule has 0 aromatic heterocycles. The minimum absolute atomic E-state index is 0.426. The molecule has 0 aliphatic rings. The zero-order valence-electron chi connectivity index (χ0n) is 10.8. The van der Waals surface area contributed by atoms with Gasteiger partial charge >= 0.3 is 0 Å². The molecule has 19 heavy (non-hydrogen) atoms. The quantitative estimate of drug-likeness (QED) is 0.881. The van der Waals surface area contributed by atoms with E-state index in [1.807, 2.05) is 61.5 Å². The molecule has 2 rings (SSSR count). The maximum absolute atomic E-state index is 9.37. The Morgan fingerprint density at radius 3 is 2.47 bits per heavy atom.